The van der Waals surface area contributed by atoms with E-state index in [4.69, 9.17) is 9.47 Å². The van der Waals surface area contributed by atoms with E-state index in [0.717, 1.165) is 11.4 Å². The van der Waals surface area contributed by atoms with Crippen LogP contribution in [0.2, 0.25) is 0 Å². The molecule has 1 aromatic heterocycles. The first-order valence-electron chi connectivity index (χ1n) is 10.5. The Morgan fingerprint density at radius 2 is 1.90 bits per heavy atom. The van der Waals surface area contributed by atoms with Crippen molar-refractivity contribution in [2.75, 3.05) is 18.1 Å². The van der Waals surface area contributed by atoms with Gasteiger partial charge in [-0.1, -0.05) is 0 Å². The highest BCUT2D eigenvalue weighted by Crippen LogP contribution is 2.40. The van der Waals surface area contributed by atoms with E-state index >= 15 is 0 Å². The topological polar surface area (TPSA) is 81.0 Å². The van der Waals surface area contributed by atoms with E-state index in [2.05, 4.69) is 0 Å². The molecule has 1 fully saturated rings. The van der Waals surface area contributed by atoms with E-state index in [-0.39, 0.29) is 30.1 Å². The quantitative estimate of drug-likeness (QED) is 0.595. The van der Waals surface area contributed by atoms with E-state index in [0.29, 0.717) is 36.0 Å². The molecular formula is C24H26N2O5. The van der Waals surface area contributed by atoms with Crippen molar-refractivity contribution in [3.8, 4) is 17.2 Å². The number of phenolic OH excluding ortho intramolecular Hbond substituents is 1. The van der Waals surface area contributed by atoms with Gasteiger partial charge in [-0.2, -0.15) is 0 Å². The summed E-state index contributed by atoms with van der Waals surface area (Å²) in [5, 5.41) is 10.8. The molecule has 4 rings (SSSR count). The second kappa shape index (κ2) is 8.34. The summed E-state index contributed by atoms with van der Waals surface area (Å²) in [6, 6.07) is 12.3. The molecule has 2 heterocycles. The molecule has 7 heteroatoms. The average molecular weight is 422 g/mol. The second-order valence-electron chi connectivity index (χ2n) is 7.76. The molecule has 0 saturated carbocycles. The standard InChI is InChI=1S/C24H26N2O5/c1-4-30-24(29)23-22(25-13-5-6-21(25)28)19-14-17(27)9-12-20(19)26(23)16-7-10-18(11-8-16)31-15(2)3/h7-12,14-15,27H,4-6,13H2,1-3H3. The number of phenols is 1. The Labute approximate surface area is 180 Å². The Kier molecular flexibility index (Phi) is 5.59. The summed E-state index contributed by atoms with van der Waals surface area (Å²) in [4.78, 5) is 27.4. The van der Waals surface area contributed by atoms with Gasteiger partial charge in [-0.05, 0) is 69.7 Å². The molecule has 3 aromatic rings. The van der Waals surface area contributed by atoms with Crippen LogP contribution in [0.5, 0.6) is 11.5 Å². The zero-order valence-electron chi connectivity index (χ0n) is 17.9. The summed E-state index contributed by atoms with van der Waals surface area (Å²) in [7, 11) is 0. The van der Waals surface area contributed by atoms with Gasteiger partial charge in [0.1, 0.15) is 11.5 Å². The van der Waals surface area contributed by atoms with Gasteiger partial charge in [0.25, 0.3) is 0 Å². The molecular weight excluding hydrogens is 396 g/mol. The molecule has 1 aliphatic heterocycles. The SMILES string of the molecule is CCOC(=O)c1c(N2CCCC2=O)c2cc(O)ccc2n1-c1ccc(OC(C)C)cc1. The Balaban J connectivity index is 1.98. The van der Waals surface area contributed by atoms with Crippen molar-refractivity contribution in [1.29, 1.82) is 0 Å². The fourth-order valence-electron chi connectivity index (χ4n) is 4.02. The Hall–Kier alpha value is -3.48. The van der Waals surface area contributed by atoms with Crippen molar-refractivity contribution in [3.05, 3.63) is 48.2 Å². The number of carbonyl (C=O) groups is 2. The number of esters is 1. The van der Waals surface area contributed by atoms with Crippen LogP contribution in [0.25, 0.3) is 16.6 Å². The first-order chi connectivity index (χ1) is 14.9. The number of nitrogens with zero attached hydrogens (tertiary/aromatic N) is 2. The summed E-state index contributed by atoms with van der Waals surface area (Å²) in [6.07, 6.45) is 1.19. The first-order valence-corrected chi connectivity index (χ1v) is 10.5. The number of hydrogen-bond acceptors (Lipinski definition) is 5. The summed E-state index contributed by atoms with van der Waals surface area (Å²) in [6.45, 7) is 6.38. The van der Waals surface area contributed by atoms with Crippen LogP contribution in [0, 0.1) is 0 Å². The van der Waals surface area contributed by atoms with Crippen molar-refractivity contribution >= 4 is 28.5 Å². The normalized spacial score (nSPS) is 13.9. The number of rotatable bonds is 6. The highest BCUT2D eigenvalue weighted by Gasteiger charge is 2.33. The van der Waals surface area contributed by atoms with Gasteiger partial charge in [0.2, 0.25) is 5.91 Å². The number of aromatic nitrogens is 1. The van der Waals surface area contributed by atoms with E-state index in [1.165, 1.54) is 0 Å². The van der Waals surface area contributed by atoms with E-state index < -0.39 is 5.97 Å². The first kappa shape index (κ1) is 20.8. The predicted octanol–water partition coefficient (Wildman–Crippen LogP) is 4.43. The molecule has 1 aliphatic rings. The van der Waals surface area contributed by atoms with Crippen LogP contribution in [0.3, 0.4) is 0 Å². The van der Waals surface area contributed by atoms with E-state index in [9.17, 15) is 14.7 Å². The van der Waals surface area contributed by atoms with Crippen molar-refractivity contribution in [2.45, 2.75) is 39.7 Å². The van der Waals surface area contributed by atoms with E-state index in [1.54, 1.807) is 34.6 Å². The van der Waals surface area contributed by atoms with Gasteiger partial charge in [-0.3, -0.25) is 4.79 Å². The monoisotopic (exact) mass is 422 g/mol. The Morgan fingerprint density at radius 3 is 2.52 bits per heavy atom. The van der Waals surface area contributed by atoms with E-state index in [1.807, 2.05) is 38.1 Å². The molecule has 0 aliphatic carbocycles. The smallest absolute Gasteiger partial charge is 0.357 e. The zero-order chi connectivity index (χ0) is 22.1. The van der Waals surface area contributed by atoms with Gasteiger partial charge in [0.15, 0.2) is 5.69 Å². The number of amides is 1. The summed E-state index contributed by atoms with van der Waals surface area (Å²) in [5.74, 6) is 0.221. The minimum absolute atomic E-state index is 0.0455. The molecule has 1 N–H and O–H groups in total. The third-order valence-corrected chi connectivity index (χ3v) is 5.20. The fourth-order valence-corrected chi connectivity index (χ4v) is 4.02. The third kappa shape index (κ3) is 3.83. The van der Waals surface area contributed by atoms with Crippen LogP contribution < -0.4 is 9.64 Å². The summed E-state index contributed by atoms with van der Waals surface area (Å²) in [5.41, 5.74) is 2.19. The maximum atomic E-state index is 13.1. The van der Waals surface area contributed by atoms with Gasteiger partial charge in [-0.15, -0.1) is 0 Å². The van der Waals surface area contributed by atoms with Crippen molar-refractivity contribution in [3.63, 3.8) is 0 Å². The summed E-state index contributed by atoms with van der Waals surface area (Å²) >= 11 is 0. The lowest BCUT2D eigenvalue weighted by Gasteiger charge is -2.18. The largest absolute Gasteiger partial charge is 0.508 e. The molecule has 0 radical (unpaired) electrons. The highest BCUT2D eigenvalue weighted by atomic mass is 16.5. The van der Waals surface area contributed by atoms with Crippen LogP contribution in [0.4, 0.5) is 5.69 Å². The number of fused-ring (bicyclic) bond motifs is 1. The molecule has 0 unspecified atom stereocenters. The number of benzene rings is 2. The molecule has 0 atom stereocenters. The molecule has 162 valence electrons. The number of ether oxygens (including phenoxy) is 2. The minimum atomic E-state index is -0.518. The zero-order valence-corrected chi connectivity index (χ0v) is 17.9. The second-order valence-corrected chi connectivity index (χ2v) is 7.76. The molecule has 1 saturated heterocycles. The maximum Gasteiger partial charge on any atom is 0.357 e. The van der Waals surface area contributed by atoms with Crippen molar-refractivity contribution in [2.24, 2.45) is 0 Å². The lowest BCUT2D eigenvalue weighted by Crippen LogP contribution is -2.26. The van der Waals surface area contributed by atoms with Gasteiger partial charge in [0.05, 0.1) is 23.9 Å². The third-order valence-electron chi connectivity index (χ3n) is 5.20. The average Bonchev–Trinajstić information content (AvgIpc) is 3.28. The number of carbonyl (C=O) groups excluding carboxylic acids is 2. The van der Waals surface area contributed by atoms with Crippen molar-refractivity contribution < 1.29 is 24.2 Å². The molecule has 2 aromatic carbocycles. The number of hydrogen-bond donors (Lipinski definition) is 1. The molecule has 0 spiro atoms. The molecule has 31 heavy (non-hydrogen) atoms. The summed E-state index contributed by atoms with van der Waals surface area (Å²) < 4.78 is 12.9. The van der Waals surface area contributed by atoms with Gasteiger partial charge >= 0.3 is 5.97 Å². The van der Waals surface area contributed by atoms with Crippen LogP contribution in [0.15, 0.2) is 42.5 Å². The number of anilines is 1. The van der Waals surface area contributed by atoms with Crippen LogP contribution in [-0.4, -0.2) is 40.8 Å². The molecule has 1 amide bonds. The highest BCUT2D eigenvalue weighted by molar-refractivity contribution is 6.14. The lowest BCUT2D eigenvalue weighted by atomic mass is 10.2. The maximum absolute atomic E-state index is 13.1. The Bertz CT molecular complexity index is 1130. The van der Waals surface area contributed by atoms with Gasteiger partial charge in [0, 0.05) is 24.0 Å². The van der Waals surface area contributed by atoms with Crippen LogP contribution >= 0.6 is 0 Å². The predicted molar refractivity (Wildman–Crippen MR) is 118 cm³/mol. The van der Waals surface area contributed by atoms with Crippen LogP contribution in [-0.2, 0) is 9.53 Å². The Morgan fingerprint density at radius 1 is 1.16 bits per heavy atom. The fraction of sp³-hybridized carbons (Fsp3) is 0.333. The lowest BCUT2D eigenvalue weighted by molar-refractivity contribution is -0.117. The van der Waals surface area contributed by atoms with Gasteiger partial charge < -0.3 is 24.0 Å². The number of aromatic hydroxyl groups is 1. The molecule has 0 bridgehead atoms. The van der Waals surface area contributed by atoms with Crippen LogP contribution in [0.1, 0.15) is 44.1 Å². The van der Waals surface area contributed by atoms with Gasteiger partial charge in [-0.25, -0.2) is 4.79 Å². The minimum Gasteiger partial charge on any atom is -0.508 e. The van der Waals surface area contributed by atoms with Crippen molar-refractivity contribution in [1.82, 2.24) is 4.57 Å². The molecule has 7 nitrogen and oxygen atoms in total.